The highest BCUT2D eigenvalue weighted by atomic mass is 16.7. The van der Waals surface area contributed by atoms with Crippen LogP contribution in [0.1, 0.15) is 13.8 Å². The van der Waals surface area contributed by atoms with Crippen molar-refractivity contribution in [2.75, 3.05) is 18.9 Å². The molecule has 2 saturated heterocycles. The smallest absolute Gasteiger partial charge is 0.223 e. The van der Waals surface area contributed by atoms with E-state index in [0.717, 1.165) is 0 Å². The number of hydrogen-bond donors (Lipinski definition) is 8. The molecule has 0 spiro atoms. The molecule has 14 heteroatoms. The van der Waals surface area contributed by atoms with Crippen LogP contribution in [-0.4, -0.2) is 112 Å². The normalized spacial score (nSPS) is 36.6. The Morgan fingerprint density at radius 2 is 1.39 bits per heavy atom. The summed E-state index contributed by atoms with van der Waals surface area (Å²) in [7, 11) is 0. The van der Waals surface area contributed by atoms with Crippen molar-refractivity contribution in [1.29, 1.82) is 0 Å². The summed E-state index contributed by atoms with van der Waals surface area (Å²) in [5.74, 6) is -0.770. The Balaban J connectivity index is 1.86. The van der Waals surface area contributed by atoms with Crippen LogP contribution in [0.2, 0.25) is 0 Å². The number of nitrogens with one attached hydrogen (secondary N) is 2. The Hall–Kier alpha value is -2.56. The van der Waals surface area contributed by atoms with E-state index < -0.39 is 86.3 Å². The minimum absolute atomic E-state index is 0.317. The topological polar surface area (TPSA) is 222 Å². The molecule has 14 nitrogen and oxygen atoms in total. The summed E-state index contributed by atoms with van der Waals surface area (Å²) in [6.07, 6.45) is -11.2. The van der Waals surface area contributed by atoms with Gasteiger partial charge in [0, 0.05) is 19.5 Å². The lowest BCUT2D eigenvalue weighted by atomic mass is 9.94. The first kappa shape index (κ1) is 28.0. The molecule has 2 aliphatic heterocycles. The van der Waals surface area contributed by atoms with Gasteiger partial charge in [-0.25, -0.2) is 0 Å². The van der Waals surface area contributed by atoms with Crippen molar-refractivity contribution in [1.82, 2.24) is 10.6 Å². The molecule has 2 fully saturated rings. The van der Waals surface area contributed by atoms with Crippen molar-refractivity contribution in [3.8, 4) is 5.75 Å². The van der Waals surface area contributed by atoms with Crippen molar-refractivity contribution in [3.05, 3.63) is 24.3 Å². The number of carbonyl (C=O) groups excluding carboxylic acids is 2. The summed E-state index contributed by atoms with van der Waals surface area (Å²) in [5.41, 5.74) is 6.17. The molecule has 2 amide bonds. The second-order valence-corrected chi connectivity index (χ2v) is 8.66. The Morgan fingerprint density at radius 3 is 1.92 bits per heavy atom. The van der Waals surface area contributed by atoms with E-state index in [-0.39, 0.29) is 0 Å². The van der Waals surface area contributed by atoms with Gasteiger partial charge >= 0.3 is 0 Å². The van der Waals surface area contributed by atoms with E-state index in [1.54, 1.807) is 24.3 Å². The molecule has 202 valence electrons. The number of nitrogens with two attached hydrogens (primary N) is 1. The van der Waals surface area contributed by atoms with Crippen LogP contribution >= 0.6 is 0 Å². The molecule has 1 aromatic rings. The first-order chi connectivity index (χ1) is 17.0. The highest BCUT2D eigenvalue weighted by Crippen LogP contribution is 2.30. The highest BCUT2D eigenvalue weighted by molar-refractivity contribution is 5.73. The van der Waals surface area contributed by atoms with Gasteiger partial charge in [-0.2, -0.15) is 0 Å². The number of ether oxygens (including phenoxy) is 4. The maximum atomic E-state index is 11.9. The first-order valence-electron chi connectivity index (χ1n) is 11.3. The largest absolute Gasteiger partial charge is 0.463 e. The van der Waals surface area contributed by atoms with E-state index in [4.69, 9.17) is 24.7 Å². The molecule has 0 aliphatic carbocycles. The minimum Gasteiger partial charge on any atom is -0.463 e. The van der Waals surface area contributed by atoms with Crippen LogP contribution in [0.3, 0.4) is 0 Å². The zero-order chi connectivity index (χ0) is 26.6. The van der Waals surface area contributed by atoms with Crippen LogP contribution in [-0.2, 0) is 23.8 Å². The van der Waals surface area contributed by atoms with Gasteiger partial charge in [-0.05, 0) is 24.3 Å². The molecular weight excluding hydrogens is 482 g/mol. The summed E-state index contributed by atoms with van der Waals surface area (Å²) in [4.78, 5) is 23.6. The van der Waals surface area contributed by atoms with Crippen LogP contribution in [0.15, 0.2) is 24.3 Å². The molecule has 2 heterocycles. The molecule has 0 radical (unpaired) electrons. The van der Waals surface area contributed by atoms with Gasteiger partial charge < -0.3 is 60.8 Å². The van der Waals surface area contributed by atoms with E-state index in [0.29, 0.717) is 11.4 Å². The molecule has 3 rings (SSSR count). The summed E-state index contributed by atoms with van der Waals surface area (Å²) in [6.45, 7) is 1.07. The summed E-state index contributed by atoms with van der Waals surface area (Å²) in [6, 6.07) is 3.80. The van der Waals surface area contributed by atoms with Crippen LogP contribution in [0.25, 0.3) is 0 Å². The minimum atomic E-state index is -1.59. The molecular formula is C22H33N3O11. The molecule has 10 atom stereocenters. The van der Waals surface area contributed by atoms with Gasteiger partial charge in [0.2, 0.25) is 18.1 Å². The van der Waals surface area contributed by atoms with Crippen molar-refractivity contribution in [2.24, 2.45) is 0 Å². The quantitative estimate of drug-likeness (QED) is 0.158. The van der Waals surface area contributed by atoms with Crippen LogP contribution < -0.4 is 21.1 Å². The van der Waals surface area contributed by atoms with E-state index in [2.05, 4.69) is 10.6 Å². The molecule has 0 saturated carbocycles. The molecule has 2 aliphatic rings. The lowest BCUT2D eigenvalue weighted by Crippen LogP contribution is -2.69. The van der Waals surface area contributed by atoms with Gasteiger partial charge in [-0.1, -0.05) is 0 Å². The third-order valence-corrected chi connectivity index (χ3v) is 5.90. The predicted octanol–water partition coefficient (Wildman–Crippen LogP) is -3.44. The number of aliphatic hydroxyl groups excluding tert-OH is 5. The number of amides is 2. The van der Waals surface area contributed by atoms with Gasteiger partial charge in [0.25, 0.3) is 0 Å². The molecule has 0 aromatic heterocycles. The maximum Gasteiger partial charge on any atom is 0.223 e. The van der Waals surface area contributed by atoms with E-state index in [1.807, 2.05) is 0 Å². The summed E-state index contributed by atoms with van der Waals surface area (Å²) >= 11 is 0. The Kier molecular flexibility index (Phi) is 9.43. The standard InChI is InChI=1S/C22H33N3O11/c1-9(28)24-15-18(31)17(30)13(7-26)34-22(15)36-20-14(8-27)35-21(16(19(20)32)25-10(2)29)33-12-5-3-11(23)4-6-12/h3-6,13-22,26-27,30-32H,7-8,23H2,1-2H3,(H,24,28)(H,25,29)/t13-,14-,15-,16-,17-,18-,19-,20-,21+,22-/m1/s1. The van der Waals surface area contributed by atoms with Crippen molar-refractivity contribution in [2.45, 2.75) is 75.1 Å². The third kappa shape index (κ3) is 6.41. The Morgan fingerprint density at radius 1 is 0.861 bits per heavy atom. The van der Waals surface area contributed by atoms with E-state index in [1.165, 1.54) is 13.8 Å². The molecule has 1 aromatic carbocycles. The Bertz CT molecular complexity index is 888. The summed E-state index contributed by atoms with van der Waals surface area (Å²) in [5, 5.41) is 56.4. The Labute approximate surface area is 206 Å². The summed E-state index contributed by atoms with van der Waals surface area (Å²) < 4.78 is 23.0. The average molecular weight is 516 g/mol. The van der Waals surface area contributed by atoms with Crippen molar-refractivity contribution < 1.29 is 54.1 Å². The number of benzene rings is 1. The number of carbonyl (C=O) groups is 2. The van der Waals surface area contributed by atoms with Gasteiger partial charge in [-0.15, -0.1) is 0 Å². The fourth-order valence-electron chi connectivity index (χ4n) is 4.15. The average Bonchev–Trinajstić information content (AvgIpc) is 2.83. The van der Waals surface area contributed by atoms with E-state index in [9.17, 15) is 35.1 Å². The maximum absolute atomic E-state index is 11.9. The van der Waals surface area contributed by atoms with Crippen LogP contribution in [0.4, 0.5) is 5.69 Å². The third-order valence-electron chi connectivity index (χ3n) is 5.90. The number of aliphatic hydroxyl groups is 5. The number of nitrogen functional groups attached to an aromatic ring is 1. The van der Waals surface area contributed by atoms with Crippen LogP contribution in [0.5, 0.6) is 5.75 Å². The molecule has 36 heavy (non-hydrogen) atoms. The van der Waals surface area contributed by atoms with E-state index >= 15 is 0 Å². The van der Waals surface area contributed by atoms with Crippen molar-refractivity contribution >= 4 is 17.5 Å². The number of rotatable bonds is 8. The number of hydrogen-bond acceptors (Lipinski definition) is 12. The second kappa shape index (κ2) is 12.1. The fourth-order valence-corrected chi connectivity index (χ4v) is 4.15. The zero-order valence-corrected chi connectivity index (χ0v) is 19.8. The first-order valence-corrected chi connectivity index (χ1v) is 11.3. The zero-order valence-electron chi connectivity index (χ0n) is 19.8. The monoisotopic (exact) mass is 515 g/mol. The van der Waals surface area contributed by atoms with Gasteiger partial charge in [0.1, 0.15) is 54.5 Å². The fraction of sp³-hybridized carbons (Fsp3) is 0.636. The van der Waals surface area contributed by atoms with Crippen LogP contribution in [0, 0.1) is 0 Å². The SMILES string of the molecule is CC(=O)N[C@H]1[C@@H](Oc2ccc(N)cc2)O[C@H](CO)[C@@H](O[C@H]2O[C@H](CO)[C@@H](O)[C@H](O)[C@H]2NC(C)=O)[C@@H]1O. The van der Waals surface area contributed by atoms with Gasteiger partial charge in [0.05, 0.1) is 13.2 Å². The predicted molar refractivity (Wildman–Crippen MR) is 121 cm³/mol. The van der Waals surface area contributed by atoms with Gasteiger partial charge in [-0.3, -0.25) is 9.59 Å². The highest BCUT2D eigenvalue weighted by Gasteiger charge is 2.52. The number of anilines is 1. The second-order valence-electron chi connectivity index (χ2n) is 8.66. The lowest BCUT2D eigenvalue weighted by Gasteiger charge is -2.48. The van der Waals surface area contributed by atoms with Gasteiger partial charge in [0.15, 0.2) is 6.29 Å². The van der Waals surface area contributed by atoms with Crippen molar-refractivity contribution in [3.63, 3.8) is 0 Å². The molecule has 9 N–H and O–H groups in total. The molecule has 0 unspecified atom stereocenters. The lowest BCUT2D eigenvalue weighted by molar-refractivity contribution is -0.325. The molecule has 0 bridgehead atoms.